The number of carbonyl (C=O) groups is 1. The number of esters is 1. The summed E-state index contributed by atoms with van der Waals surface area (Å²) >= 11 is 0. The van der Waals surface area contributed by atoms with E-state index in [1.165, 1.54) is 0 Å². The average Bonchev–Trinajstić information content (AvgIpc) is 3.63. The van der Waals surface area contributed by atoms with Crippen molar-refractivity contribution in [3.63, 3.8) is 0 Å². The SMILES string of the molecule is CCOc1ncc(C(C)(O)C2CC2)c2cc(Nc3ccc4c(n3)[C@@H](C)C(C)(C)OC4=O)ncc12. The molecule has 0 radical (unpaired) electrons. The highest BCUT2D eigenvalue weighted by Crippen LogP contribution is 2.48. The fourth-order valence-corrected chi connectivity index (χ4v) is 4.59. The Balaban J connectivity index is 1.55. The largest absolute Gasteiger partial charge is 0.477 e. The number of fused-ring (bicyclic) bond motifs is 2. The van der Waals surface area contributed by atoms with Crippen LogP contribution in [0.2, 0.25) is 0 Å². The molecule has 4 heterocycles. The molecule has 2 atom stereocenters. The maximum Gasteiger partial charge on any atom is 0.340 e. The van der Waals surface area contributed by atoms with Gasteiger partial charge in [0.25, 0.3) is 0 Å². The van der Waals surface area contributed by atoms with Crippen molar-refractivity contribution in [2.24, 2.45) is 5.92 Å². The number of carbonyl (C=O) groups excluding carboxylic acids is 1. The molecule has 8 nitrogen and oxygen atoms in total. The third kappa shape index (κ3) is 3.76. The Labute approximate surface area is 198 Å². The Morgan fingerprint density at radius 2 is 1.97 bits per heavy atom. The molecule has 0 amide bonds. The van der Waals surface area contributed by atoms with Crippen LogP contribution in [-0.2, 0) is 10.3 Å². The third-order valence-electron chi connectivity index (χ3n) is 7.14. The van der Waals surface area contributed by atoms with Crippen LogP contribution in [0, 0.1) is 5.92 Å². The number of hydrogen-bond acceptors (Lipinski definition) is 8. The van der Waals surface area contributed by atoms with Crippen molar-refractivity contribution in [3.05, 3.63) is 47.4 Å². The molecule has 1 saturated carbocycles. The average molecular weight is 463 g/mol. The summed E-state index contributed by atoms with van der Waals surface area (Å²) in [5.74, 6) is 1.44. The van der Waals surface area contributed by atoms with Gasteiger partial charge in [0.05, 0.1) is 28.9 Å². The molecule has 5 rings (SSSR count). The van der Waals surface area contributed by atoms with Gasteiger partial charge in [-0.15, -0.1) is 0 Å². The van der Waals surface area contributed by atoms with E-state index in [1.54, 1.807) is 24.5 Å². The number of anilines is 2. The molecule has 0 saturated heterocycles. The van der Waals surface area contributed by atoms with Gasteiger partial charge in [0.2, 0.25) is 5.88 Å². The number of nitrogens with one attached hydrogen (secondary N) is 1. The molecule has 178 valence electrons. The summed E-state index contributed by atoms with van der Waals surface area (Å²) in [6.07, 6.45) is 5.41. The normalized spacial score (nSPS) is 20.9. The highest BCUT2D eigenvalue weighted by Gasteiger charge is 2.43. The van der Waals surface area contributed by atoms with Gasteiger partial charge in [0.15, 0.2) is 0 Å². The summed E-state index contributed by atoms with van der Waals surface area (Å²) in [6.45, 7) is 10.0. The van der Waals surface area contributed by atoms with E-state index >= 15 is 0 Å². The Hall–Kier alpha value is -3.26. The lowest BCUT2D eigenvalue weighted by Gasteiger charge is -2.36. The molecule has 1 unspecified atom stereocenters. The number of aliphatic hydroxyl groups is 1. The number of nitrogens with zero attached hydrogens (tertiary/aromatic N) is 3. The summed E-state index contributed by atoms with van der Waals surface area (Å²) in [5.41, 5.74) is 0.324. The van der Waals surface area contributed by atoms with Gasteiger partial charge in [-0.1, -0.05) is 6.92 Å². The smallest absolute Gasteiger partial charge is 0.340 e. The van der Waals surface area contributed by atoms with E-state index < -0.39 is 11.2 Å². The molecule has 3 aromatic rings. The van der Waals surface area contributed by atoms with Crippen LogP contribution < -0.4 is 10.1 Å². The topological polar surface area (TPSA) is 106 Å². The van der Waals surface area contributed by atoms with Gasteiger partial charge < -0.3 is 19.9 Å². The van der Waals surface area contributed by atoms with Crippen LogP contribution in [0.5, 0.6) is 5.88 Å². The van der Waals surface area contributed by atoms with Gasteiger partial charge in [0, 0.05) is 23.9 Å². The van der Waals surface area contributed by atoms with E-state index in [4.69, 9.17) is 14.5 Å². The summed E-state index contributed by atoms with van der Waals surface area (Å²) in [7, 11) is 0. The minimum absolute atomic E-state index is 0.0634. The lowest BCUT2D eigenvalue weighted by Crippen LogP contribution is -2.39. The molecule has 2 aliphatic rings. The van der Waals surface area contributed by atoms with E-state index in [1.807, 2.05) is 40.7 Å². The first-order valence-electron chi connectivity index (χ1n) is 11.8. The van der Waals surface area contributed by atoms with Crippen molar-refractivity contribution in [1.82, 2.24) is 15.0 Å². The molecule has 1 aliphatic heterocycles. The first-order chi connectivity index (χ1) is 16.1. The predicted octanol–water partition coefficient (Wildman–Crippen LogP) is 4.84. The number of aromatic nitrogens is 3. The fourth-order valence-electron chi connectivity index (χ4n) is 4.59. The van der Waals surface area contributed by atoms with Crippen LogP contribution in [0.4, 0.5) is 11.6 Å². The molecule has 1 fully saturated rings. The van der Waals surface area contributed by atoms with Crippen molar-refractivity contribution in [3.8, 4) is 5.88 Å². The first kappa shape index (κ1) is 22.5. The monoisotopic (exact) mass is 462 g/mol. The van der Waals surface area contributed by atoms with Crippen molar-refractivity contribution < 1.29 is 19.4 Å². The Morgan fingerprint density at radius 1 is 1.21 bits per heavy atom. The van der Waals surface area contributed by atoms with Crippen molar-refractivity contribution in [2.75, 3.05) is 11.9 Å². The van der Waals surface area contributed by atoms with Crippen LogP contribution in [0.15, 0.2) is 30.6 Å². The molecule has 3 aromatic heterocycles. The first-order valence-corrected chi connectivity index (χ1v) is 11.8. The molecule has 0 aromatic carbocycles. The molecular weight excluding hydrogens is 432 g/mol. The molecule has 8 heteroatoms. The second-order valence-corrected chi connectivity index (χ2v) is 9.92. The summed E-state index contributed by atoms with van der Waals surface area (Å²) in [6, 6.07) is 5.38. The lowest BCUT2D eigenvalue weighted by molar-refractivity contribution is -0.0189. The van der Waals surface area contributed by atoms with E-state index in [0.29, 0.717) is 35.4 Å². The minimum atomic E-state index is -0.986. The van der Waals surface area contributed by atoms with Crippen molar-refractivity contribution in [2.45, 2.75) is 64.6 Å². The summed E-state index contributed by atoms with van der Waals surface area (Å²) in [4.78, 5) is 26.2. The quantitative estimate of drug-likeness (QED) is 0.502. The van der Waals surface area contributed by atoms with Crippen LogP contribution >= 0.6 is 0 Å². The second kappa shape index (κ2) is 7.91. The maximum atomic E-state index is 12.4. The van der Waals surface area contributed by atoms with Gasteiger partial charge in [-0.3, -0.25) is 0 Å². The molecule has 1 aliphatic carbocycles. The lowest BCUT2D eigenvalue weighted by atomic mass is 9.84. The zero-order valence-electron chi connectivity index (χ0n) is 20.2. The second-order valence-electron chi connectivity index (χ2n) is 9.92. The highest BCUT2D eigenvalue weighted by atomic mass is 16.6. The van der Waals surface area contributed by atoms with Gasteiger partial charge in [-0.2, -0.15) is 0 Å². The van der Waals surface area contributed by atoms with E-state index in [2.05, 4.69) is 15.3 Å². The van der Waals surface area contributed by atoms with Crippen molar-refractivity contribution in [1.29, 1.82) is 0 Å². The van der Waals surface area contributed by atoms with Crippen molar-refractivity contribution >= 4 is 28.4 Å². The maximum absolute atomic E-state index is 12.4. The van der Waals surface area contributed by atoms with Gasteiger partial charge in [-0.05, 0) is 70.0 Å². The zero-order valence-corrected chi connectivity index (χ0v) is 20.2. The third-order valence-corrected chi connectivity index (χ3v) is 7.14. The van der Waals surface area contributed by atoms with Gasteiger partial charge in [0.1, 0.15) is 17.2 Å². The Morgan fingerprint density at radius 3 is 2.68 bits per heavy atom. The van der Waals surface area contributed by atoms with Gasteiger partial charge in [-0.25, -0.2) is 19.7 Å². The van der Waals surface area contributed by atoms with Crippen LogP contribution in [0.1, 0.15) is 75.0 Å². The molecule has 0 bridgehead atoms. The minimum Gasteiger partial charge on any atom is -0.477 e. The molecule has 0 spiro atoms. The Bertz CT molecular complexity index is 1280. The molecular formula is C26H30N4O4. The van der Waals surface area contributed by atoms with E-state index in [9.17, 15) is 9.90 Å². The summed E-state index contributed by atoms with van der Waals surface area (Å²) in [5, 5.41) is 16.1. The standard InChI is InChI=1S/C26H30N4O4/c1-6-33-23-18-12-27-21(11-17(18)19(13-28-23)26(5,32)15-7-8-15)29-20-10-9-16-22(30-20)14(2)25(3,4)34-24(16)31/h9-15,32H,6-8H2,1-5H3,(H,27,29,30)/t14-,26?/m1/s1. The van der Waals surface area contributed by atoms with E-state index in [0.717, 1.165) is 29.2 Å². The fraction of sp³-hybridized carbons (Fsp3) is 0.462. The molecule has 34 heavy (non-hydrogen) atoms. The number of rotatable bonds is 6. The van der Waals surface area contributed by atoms with E-state index in [-0.39, 0.29) is 17.8 Å². The zero-order chi connectivity index (χ0) is 24.3. The van der Waals surface area contributed by atoms with Crippen LogP contribution in [0.25, 0.3) is 10.8 Å². The number of ether oxygens (including phenoxy) is 2. The number of pyridine rings is 3. The van der Waals surface area contributed by atoms with Gasteiger partial charge >= 0.3 is 5.97 Å². The van der Waals surface area contributed by atoms with Crippen LogP contribution in [0.3, 0.4) is 0 Å². The summed E-state index contributed by atoms with van der Waals surface area (Å²) < 4.78 is 11.3. The number of hydrogen-bond donors (Lipinski definition) is 2. The molecule has 2 N–H and O–H groups in total. The Kier molecular flexibility index (Phi) is 5.24. The predicted molar refractivity (Wildman–Crippen MR) is 128 cm³/mol. The number of cyclic esters (lactones) is 1. The highest BCUT2D eigenvalue weighted by molar-refractivity contribution is 5.93. The van der Waals surface area contributed by atoms with Crippen LogP contribution in [-0.4, -0.2) is 38.2 Å².